The standard InChI is InChI=1S/C9H18N4O/c1-6(2)13-7(3)9(11-12-13)8(14)4-5-10/h6,8,14H,4-5,10H2,1-3H3. The Morgan fingerprint density at radius 3 is 2.57 bits per heavy atom. The van der Waals surface area contributed by atoms with Crippen LogP contribution in [-0.4, -0.2) is 26.6 Å². The van der Waals surface area contributed by atoms with Crippen LogP contribution in [0, 0.1) is 6.92 Å². The molecule has 0 aromatic carbocycles. The smallest absolute Gasteiger partial charge is 0.114 e. The van der Waals surface area contributed by atoms with Crippen molar-refractivity contribution in [2.75, 3.05) is 6.54 Å². The Bertz CT molecular complexity index is 295. The number of rotatable bonds is 4. The molecule has 3 N–H and O–H groups in total. The Kier molecular flexibility index (Phi) is 3.60. The predicted molar refractivity (Wildman–Crippen MR) is 53.8 cm³/mol. The third-order valence-corrected chi connectivity index (χ3v) is 2.21. The first-order valence-corrected chi connectivity index (χ1v) is 4.87. The van der Waals surface area contributed by atoms with Crippen LogP contribution in [0.4, 0.5) is 0 Å². The topological polar surface area (TPSA) is 77.0 Å². The van der Waals surface area contributed by atoms with Gasteiger partial charge in [-0.05, 0) is 33.7 Å². The zero-order valence-electron chi connectivity index (χ0n) is 8.94. The number of nitrogens with two attached hydrogens (primary N) is 1. The van der Waals surface area contributed by atoms with Crippen LogP contribution in [0.15, 0.2) is 0 Å². The van der Waals surface area contributed by atoms with E-state index in [1.807, 2.05) is 20.8 Å². The molecule has 1 aromatic heterocycles. The highest BCUT2D eigenvalue weighted by Crippen LogP contribution is 2.19. The molecule has 0 fully saturated rings. The maximum Gasteiger partial charge on any atom is 0.114 e. The SMILES string of the molecule is Cc1c(C(O)CCN)nnn1C(C)C. The van der Waals surface area contributed by atoms with Gasteiger partial charge in [0.15, 0.2) is 0 Å². The van der Waals surface area contributed by atoms with Crippen LogP contribution in [0.25, 0.3) is 0 Å². The molecule has 0 saturated carbocycles. The number of hydrogen-bond acceptors (Lipinski definition) is 4. The van der Waals surface area contributed by atoms with E-state index < -0.39 is 6.10 Å². The van der Waals surface area contributed by atoms with Gasteiger partial charge in [0.05, 0.1) is 5.69 Å². The number of hydrogen-bond donors (Lipinski definition) is 2. The molecule has 0 aliphatic heterocycles. The quantitative estimate of drug-likeness (QED) is 0.740. The molecule has 5 nitrogen and oxygen atoms in total. The summed E-state index contributed by atoms with van der Waals surface area (Å²) < 4.78 is 1.80. The van der Waals surface area contributed by atoms with Gasteiger partial charge in [-0.1, -0.05) is 5.21 Å². The van der Waals surface area contributed by atoms with E-state index in [1.165, 1.54) is 0 Å². The minimum atomic E-state index is -0.590. The molecule has 0 radical (unpaired) electrons. The summed E-state index contributed by atoms with van der Waals surface area (Å²) in [7, 11) is 0. The van der Waals surface area contributed by atoms with Crippen molar-refractivity contribution in [3.63, 3.8) is 0 Å². The van der Waals surface area contributed by atoms with E-state index in [0.29, 0.717) is 18.7 Å². The van der Waals surface area contributed by atoms with Crippen molar-refractivity contribution in [3.05, 3.63) is 11.4 Å². The largest absolute Gasteiger partial charge is 0.387 e. The van der Waals surface area contributed by atoms with Crippen molar-refractivity contribution in [2.45, 2.75) is 39.3 Å². The molecule has 80 valence electrons. The van der Waals surface area contributed by atoms with E-state index in [9.17, 15) is 5.11 Å². The van der Waals surface area contributed by atoms with Crippen LogP contribution in [0.3, 0.4) is 0 Å². The third kappa shape index (κ3) is 2.10. The molecule has 1 rings (SSSR count). The monoisotopic (exact) mass is 198 g/mol. The highest BCUT2D eigenvalue weighted by Gasteiger charge is 2.17. The minimum Gasteiger partial charge on any atom is -0.387 e. The third-order valence-electron chi connectivity index (χ3n) is 2.21. The second-order valence-electron chi connectivity index (χ2n) is 3.69. The normalized spacial score (nSPS) is 13.6. The molecule has 0 amide bonds. The van der Waals surface area contributed by atoms with Crippen LogP contribution >= 0.6 is 0 Å². The number of aliphatic hydroxyl groups excluding tert-OH is 1. The molecule has 1 atom stereocenters. The van der Waals surface area contributed by atoms with Gasteiger partial charge in [-0.15, -0.1) is 5.10 Å². The van der Waals surface area contributed by atoms with Crippen molar-refractivity contribution in [3.8, 4) is 0 Å². The molecule has 5 heteroatoms. The number of aromatic nitrogens is 3. The zero-order chi connectivity index (χ0) is 10.7. The van der Waals surface area contributed by atoms with Crippen LogP contribution in [0.2, 0.25) is 0 Å². The fourth-order valence-electron chi connectivity index (χ4n) is 1.45. The maximum absolute atomic E-state index is 9.70. The minimum absolute atomic E-state index is 0.265. The number of nitrogens with zero attached hydrogens (tertiary/aromatic N) is 3. The second-order valence-corrected chi connectivity index (χ2v) is 3.69. The lowest BCUT2D eigenvalue weighted by atomic mass is 10.1. The van der Waals surface area contributed by atoms with Crippen LogP contribution in [0.1, 0.15) is 43.8 Å². The lowest BCUT2D eigenvalue weighted by Crippen LogP contribution is -2.09. The van der Waals surface area contributed by atoms with Crippen LogP contribution in [-0.2, 0) is 0 Å². The zero-order valence-corrected chi connectivity index (χ0v) is 8.94. The van der Waals surface area contributed by atoms with Gasteiger partial charge < -0.3 is 10.8 Å². The Morgan fingerprint density at radius 2 is 2.14 bits per heavy atom. The molecule has 0 bridgehead atoms. The Balaban J connectivity index is 2.89. The van der Waals surface area contributed by atoms with Crippen molar-refractivity contribution in [1.29, 1.82) is 0 Å². The summed E-state index contributed by atoms with van der Waals surface area (Å²) in [6.45, 7) is 6.42. The second kappa shape index (κ2) is 4.52. The highest BCUT2D eigenvalue weighted by atomic mass is 16.3. The lowest BCUT2D eigenvalue weighted by Gasteiger charge is -2.09. The van der Waals surface area contributed by atoms with Crippen molar-refractivity contribution < 1.29 is 5.11 Å². The summed E-state index contributed by atoms with van der Waals surface area (Å²) in [4.78, 5) is 0. The Labute approximate surface area is 83.9 Å². The average molecular weight is 198 g/mol. The first-order chi connectivity index (χ1) is 6.57. The van der Waals surface area contributed by atoms with Gasteiger partial charge in [-0.25, -0.2) is 4.68 Å². The van der Waals surface area contributed by atoms with Crippen molar-refractivity contribution in [1.82, 2.24) is 15.0 Å². The van der Waals surface area contributed by atoms with Gasteiger partial charge in [0.1, 0.15) is 11.8 Å². The van der Waals surface area contributed by atoms with E-state index in [2.05, 4.69) is 10.3 Å². The molecule has 0 spiro atoms. The van der Waals surface area contributed by atoms with E-state index >= 15 is 0 Å². The molecule has 1 aromatic rings. The fourth-order valence-corrected chi connectivity index (χ4v) is 1.45. The molecule has 0 aliphatic rings. The Hall–Kier alpha value is -0.940. The van der Waals surface area contributed by atoms with Crippen molar-refractivity contribution in [2.24, 2.45) is 5.73 Å². The van der Waals surface area contributed by atoms with E-state index in [-0.39, 0.29) is 6.04 Å². The summed E-state index contributed by atoms with van der Waals surface area (Å²) in [6, 6.07) is 0.265. The molecular weight excluding hydrogens is 180 g/mol. The fraction of sp³-hybridized carbons (Fsp3) is 0.778. The molecular formula is C9H18N4O. The molecule has 0 saturated heterocycles. The first kappa shape index (κ1) is 11.1. The van der Waals surface area contributed by atoms with E-state index in [0.717, 1.165) is 5.69 Å². The summed E-state index contributed by atoms with van der Waals surface area (Å²) in [6.07, 6.45) is -0.0649. The summed E-state index contributed by atoms with van der Waals surface area (Å²) in [5.74, 6) is 0. The van der Waals surface area contributed by atoms with Crippen LogP contribution in [0.5, 0.6) is 0 Å². The van der Waals surface area contributed by atoms with Gasteiger partial charge in [0.25, 0.3) is 0 Å². The Morgan fingerprint density at radius 1 is 1.50 bits per heavy atom. The van der Waals surface area contributed by atoms with Gasteiger partial charge in [-0.2, -0.15) is 0 Å². The lowest BCUT2D eigenvalue weighted by molar-refractivity contribution is 0.164. The average Bonchev–Trinajstić information content (AvgIpc) is 2.47. The van der Waals surface area contributed by atoms with E-state index in [4.69, 9.17) is 5.73 Å². The van der Waals surface area contributed by atoms with Crippen molar-refractivity contribution >= 4 is 0 Å². The van der Waals surface area contributed by atoms with Gasteiger partial charge in [-0.3, -0.25) is 0 Å². The molecule has 14 heavy (non-hydrogen) atoms. The molecule has 1 heterocycles. The number of aliphatic hydroxyl groups is 1. The predicted octanol–water partition coefficient (Wildman–Crippen LogP) is 0.550. The van der Waals surface area contributed by atoms with E-state index in [1.54, 1.807) is 4.68 Å². The molecule has 0 aliphatic carbocycles. The summed E-state index contributed by atoms with van der Waals surface area (Å²) >= 11 is 0. The van der Waals surface area contributed by atoms with Gasteiger partial charge >= 0.3 is 0 Å². The highest BCUT2D eigenvalue weighted by molar-refractivity contribution is 5.11. The first-order valence-electron chi connectivity index (χ1n) is 4.87. The summed E-state index contributed by atoms with van der Waals surface area (Å²) in [5.41, 5.74) is 6.93. The van der Waals surface area contributed by atoms with Crippen LogP contribution < -0.4 is 5.73 Å². The van der Waals surface area contributed by atoms with Gasteiger partial charge in [0, 0.05) is 6.04 Å². The molecule has 1 unspecified atom stereocenters. The summed E-state index contributed by atoms with van der Waals surface area (Å²) in [5, 5.41) is 17.6. The maximum atomic E-state index is 9.70. The van der Waals surface area contributed by atoms with Gasteiger partial charge in [0.2, 0.25) is 0 Å².